The average molecular weight is 365 g/mol. The molecule has 0 saturated heterocycles. The number of nitrogens with zero attached hydrogens (tertiary/aromatic N) is 2. The monoisotopic (exact) mass is 365 g/mol. The SMILES string of the molecule is CCNC(=O)N(CCO)c1cccc(OCc2ccc3ccccc3n2)c1. The highest BCUT2D eigenvalue weighted by Crippen LogP contribution is 2.22. The predicted octanol–water partition coefficient (Wildman–Crippen LogP) is 3.34. The highest BCUT2D eigenvalue weighted by Gasteiger charge is 2.15. The van der Waals surface area contributed by atoms with Crippen LogP contribution in [0.2, 0.25) is 0 Å². The zero-order chi connectivity index (χ0) is 19.1. The molecule has 0 saturated carbocycles. The van der Waals surface area contributed by atoms with Crippen LogP contribution in [0.15, 0.2) is 60.7 Å². The van der Waals surface area contributed by atoms with Gasteiger partial charge in [-0.1, -0.05) is 30.3 Å². The van der Waals surface area contributed by atoms with Crippen LogP contribution in [0.3, 0.4) is 0 Å². The van der Waals surface area contributed by atoms with Gasteiger partial charge in [-0.2, -0.15) is 0 Å². The number of hydrogen-bond acceptors (Lipinski definition) is 4. The summed E-state index contributed by atoms with van der Waals surface area (Å²) in [5.74, 6) is 0.634. The Balaban J connectivity index is 1.73. The summed E-state index contributed by atoms with van der Waals surface area (Å²) in [6.07, 6.45) is 0. The number of anilines is 1. The quantitative estimate of drug-likeness (QED) is 0.673. The van der Waals surface area contributed by atoms with Gasteiger partial charge in [-0.15, -0.1) is 0 Å². The van der Waals surface area contributed by atoms with Crippen molar-refractivity contribution < 1.29 is 14.6 Å². The van der Waals surface area contributed by atoms with Gasteiger partial charge in [-0.05, 0) is 31.2 Å². The van der Waals surface area contributed by atoms with Crippen LogP contribution in [0.25, 0.3) is 10.9 Å². The molecule has 0 unspecified atom stereocenters. The molecule has 0 fully saturated rings. The van der Waals surface area contributed by atoms with E-state index in [0.717, 1.165) is 16.6 Å². The van der Waals surface area contributed by atoms with E-state index < -0.39 is 0 Å². The second-order valence-electron chi connectivity index (χ2n) is 5.99. The van der Waals surface area contributed by atoms with Crippen LogP contribution in [0.1, 0.15) is 12.6 Å². The third kappa shape index (κ3) is 4.74. The molecule has 0 atom stereocenters. The Bertz CT molecular complexity index is 914. The number of para-hydroxylation sites is 1. The van der Waals surface area contributed by atoms with E-state index in [0.29, 0.717) is 24.6 Å². The highest BCUT2D eigenvalue weighted by atomic mass is 16.5. The number of ether oxygens (including phenoxy) is 1. The molecular weight excluding hydrogens is 342 g/mol. The largest absolute Gasteiger partial charge is 0.487 e. The Kier molecular flexibility index (Phi) is 6.22. The Labute approximate surface area is 158 Å². The third-order valence-corrected chi connectivity index (χ3v) is 4.07. The Morgan fingerprint density at radius 3 is 2.81 bits per heavy atom. The first kappa shape index (κ1) is 18.7. The van der Waals surface area contributed by atoms with Crippen molar-refractivity contribution in [3.63, 3.8) is 0 Å². The number of nitrogens with one attached hydrogen (secondary N) is 1. The number of fused-ring (bicyclic) bond motifs is 1. The second-order valence-corrected chi connectivity index (χ2v) is 5.99. The van der Waals surface area contributed by atoms with Gasteiger partial charge in [0.2, 0.25) is 0 Å². The topological polar surface area (TPSA) is 74.7 Å². The van der Waals surface area contributed by atoms with Crippen molar-refractivity contribution in [2.24, 2.45) is 0 Å². The van der Waals surface area contributed by atoms with Gasteiger partial charge < -0.3 is 15.2 Å². The van der Waals surface area contributed by atoms with Gasteiger partial charge in [0, 0.05) is 23.7 Å². The summed E-state index contributed by atoms with van der Waals surface area (Å²) in [5, 5.41) is 13.1. The van der Waals surface area contributed by atoms with Crippen molar-refractivity contribution in [2.45, 2.75) is 13.5 Å². The first-order valence-electron chi connectivity index (χ1n) is 8.95. The van der Waals surface area contributed by atoms with Crippen LogP contribution in [-0.2, 0) is 6.61 Å². The van der Waals surface area contributed by atoms with Crippen molar-refractivity contribution in [1.82, 2.24) is 10.3 Å². The molecule has 3 rings (SSSR count). The molecule has 1 heterocycles. The van der Waals surface area contributed by atoms with Gasteiger partial charge in [-0.25, -0.2) is 9.78 Å². The summed E-state index contributed by atoms with van der Waals surface area (Å²) in [5.41, 5.74) is 2.42. The normalized spacial score (nSPS) is 10.6. The lowest BCUT2D eigenvalue weighted by Gasteiger charge is -2.22. The number of pyridine rings is 1. The molecule has 2 N–H and O–H groups in total. The first-order valence-corrected chi connectivity index (χ1v) is 8.95. The smallest absolute Gasteiger partial charge is 0.321 e. The van der Waals surface area contributed by atoms with Crippen LogP contribution < -0.4 is 15.0 Å². The lowest BCUT2D eigenvalue weighted by Crippen LogP contribution is -2.41. The molecule has 2 aromatic carbocycles. The summed E-state index contributed by atoms with van der Waals surface area (Å²) in [4.78, 5) is 18.3. The predicted molar refractivity (Wildman–Crippen MR) is 106 cm³/mol. The van der Waals surface area contributed by atoms with Crippen LogP contribution in [-0.4, -0.2) is 35.8 Å². The molecule has 0 aliphatic heterocycles. The van der Waals surface area contributed by atoms with Gasteiger partial charge in [0.1, 0.15) is 12.4 Å². The van der Waals surface area contributed by atoms with Gasteiger partial charge in [0.15, 0.2) is 0 Å². The van der Waals surface area contributed by atoms with E-state index in [1.54, 1.807) is 6.07 Å². The number of hydrogen-bond donors (Lipinski definition) is 2. The van der Waals surface area contributed by atoms with E-state index in [-0.39, 0.29) is 19.2 Å². The van der Waals surface area contributed by atoms with Crippen molar-refractivity contribution in [2.75, 3.05) is 24.6 Å². The summed E-state index contributed by atoms with van der Waals surface area (Å²) in [7, 11) is 0. The average Bonchev–Trinajstić information content (AvgIpc) is 2.70. The summed E-state index contributed by atoms with van der Waals surface area (Å²) >= 11 is 0. The van der Waals surface area contributed by atoms with Crippen LogP contribution >= 0.6 is 0 Å². The first-order chi connectivity index (χ1) is 13.2. The fraction of sp³-hybridized carbons (Fsp3) is 0.238. The number of aliphatic hydroxyl groups is 1. The van der Waals surface area contributed by atoms with Gasteiger partial charge in [0.05, 0.1) is 24.4 Å². The number of aliphatic hydroxyl groups excluding tert-OH is 1. The number of rotatable bonds is 7. The number of aromatic nitrogens is 1. The van der Waals surface area contributed by atoms with Crippen LogP contribution in [0, 0.1) is 0 Å². The molecule has 3 aromatic rings. The van der Waals surface area contributed by atoms with Crippen molar-refractivity contribution >= 4 is 22.6 Å². The van der Waals surface area contributed by atoms with E-state index >= 15 is 0 Å². The zero-order valence-electron chi connectivity index (χ0n) is 15.3. The van der Waals surface area contributed by atoms with Gasteiger partial charge in [0.25, 0.3) is 0 Å². The minimum absolute atomic E-state index is 0.122. The number of amides is 2. The van der Waals surface area contributed by atoms with Crippen LogP contribution in [0.5, 0.6) is 5.75 Å². The van der Waals surface area contributed by atoms with Crippen molar-refractivity contribution in [3.8, 4) is 5.75 Å². The molecule has 6 heteroatoms. The number of urea groups is 1. The van der Waals surface area contributed by atoms with E-state index in [1.165, 1.54) is 4.90 Å². The standard InChI is InChI=1S/C21H23N3O3/c1-2-22-21(26)24(12-13-25)18-7-5-8-19(14-18)27-15-17-11-10-16-6-3-4-9-20(16)23-17/h3-11,14,25H,2,12-13,15H2,1H3,(H,22,26). The Morgan fingerprint density at radius 2 is 2.00 bits per heavy atom. The molecule has 0 radical (unpaired) electrons. The van der Waals surface area contributed by atoms with Crippen molar-refractivity contribution in [1.29, 1.82) is 0 Å². The minimum Gasteiger partial charge on any atom is -0.487 e. The molecule has 0 aliphatic rings. The molecule has 0 bridgehead atoms. The number of benzene rings is 2. The van der Waals surface area contributed by atoms with E-state index in [2.05, 4.69) is 10.3 Å². The maximum absolute atomic E-state index is 12.2. The highest BCUT2D eigenvalue weighted by molar-refractivity contribution is 5.92. The van der Waals surface area contributed by atoms with E-state index in [9.17, 15) is 9.90 Å². The molecule has 6 nitrogen and oxygen atoms in total. The Hall–Kier alpha value is -3.12. The maximum Gasteiger partial charge on any atom is 0.321 e. The molecule has 1 aromatic heterocycles. The third-order valence-electron chi connectivity index (χ3n) is 4.07. The molecular formula is C21H23N3O3. The number of carbonyl (C=O) groups excluding carboxylic acids is 1. The summed E-state index contributed by atoms with van der Waals surface area (Å²) < 4.78 is 5.87. The second kappa shape index (κ2) is 9.00. The molecule has 0 aliphatic carbocycles. The lowest BCUT2D eigenvalue weighted by molar-refractivity contribution is 0.242. The number of carbonyl (C=O) groups is 1. The van der Waals surface area contributed by atoms with Crippen molar-refractivity contribution in [3.05, 3.63) is 66.4 Å². The maximum atomic E-state index is 12.2. The lowest BCUT2D eigenvalue weighted by atomic mass is 10.2. The van der Waals surface area contributed by atoms with Gasteiger partial charge in [-0.3, -0.25) is 4.90 Å². The Morgan fingerprint density at radius 1 is 1.15 bits per heavy atom. The molecule has 0 spiro atoms. The van der Waals surface area contributed by atoms with E-state index in [1.807, 2.05) is 61.5 Å². The summed E-state index contributed by atoms with van der Waals surface area (Å²) in [6, 6.07) is 18.9. The fourth-order valence-electron chi connectivity index (χ4n) is 2.78. The van der Waals surface area contributed by atoms with Crippen LogP contribution in [0.4, 0.5) is 10.5 Å². The minimum atomic E-state index is -0.250. The molecule has 2 amide bonds. The van der Waals surface area contributed by atoms with E-state index in [4.69, 9.17) is 4.74 Å². The molecule has 27 heavy (non-hydrogen) atoms. The zero-order valence-corrected chi connectivity index (χ0v) is 15.3. The fourth-order valence-corrected chi connectivity index (χ4v) is 2.78. The van der Waals surface area contributed by atoms with Gasteiger partial charge >= 0.3 is 6.03 Å². The summed E-state index contributed by atoms with van der Waals surface area (Å²) in [6.45, 7) is 2.79. The molecule has 140 valence electrons.